The molecule has 0 aliphatic carbocycles. The fraction of sp³-hybridized carbons (Fsp3) is 0.333. The van der Waals surface area contributed by atoms with E-state index in [1.807, 2.05) is 46.9 Å². The number of likely N-dealkylation sites (tertiary alicyclic amines) is 1. The Labute approximate surface area is 164 Å². The maximum atomic E-state index is 12.9. The van der Waals surface area contributed by atoms with E-state index in [0.29, 0.717) is 23.8 Å². The third-order valence-electron chi connectivity index (χ3n) is 4.83. The lowest BCUT2D eigenvalue weighted by atomic mass is 10.1. The number of carbonyl (C=O) groups excluding carboxylic acids is 1. The molecule has 2 aromatic heterocycles. The van der Waals surface area contributed by atoms with Crippen molar-refractivity contribution in [1.29, 1.82) is 0 Å². The smallest absolute Gasteiger partial charge is 0.253 e. The molecule has 0 N–H and O–H groups in total. The van der Waals surface area contributed by atoms with Crippen LogP contribution in [0.5, 0.6) is 5.88 Å². The molecule has 1 saturated heterocycles. The van der Waals surface area contributed by atoms with Crippen LogP contribution in [-0.4, -0.2) is 49.5 Å². The fourth-order valence-electron chi connectivity index (χ4n) is 3.42. The highest BCUT2D eigenvalue weighted by Crippen LogP contribution is 2.19. The summed E-state index contributed by atoms with van der Waals surface area (Å²) in [5.41, 5.74) is 1.83. The number of imidazole rings is 1. The number of hydrogen-bond acceptors (Lipinski definition) is 5. The second-order valence-corrected chi connectivity index (χ2v) is 7.01. The molecule has 7 nitrogen and oxygen atoms in total. The van der Waals surface area contributed by atoms with E-state index in [4.69, 9.17) is 4.74 Å². The summed E-state index contributed by atoms with van der Waals surface area (Å²) >= 11 is 0. The molecule has 0 unspecified atom stereocenters. The number of aromatic nitrogens is 4. The number of amides is 1. The topological polar surface area (TPSA) is 73.1 Å². The Balaban J connectivity index is 1.38. The van der Waals surface area contributed by atoms with Gasteiger partial charge in [0.25, 0.3) is 5.91 Å². The first kappa shape index (κ1) is 18.2. The minimum atomic E-state index is -0.0486. The summed E-state index contributed by atoms with van der Waals surface area (Å²) < 4.78 is 7.97. The lowest BCUT2D eigenvalue weighted by Gasteiger charge is -2.32. The summed E-state index contributed by atoms with van der Waals surface area (Å²) in [6.07, 6.45) is 8.94. The van der Waals surface area contributed by atoms with Gasteiger partial charge in [-0.25, -0.2) is 9.97 Å². The maximum absolute atomic E-state index is 12.9. The zero-order valence-electron chi connectivity index (χ0n) is 15.9. The van der Waals surface area contributed by atoms with Crippen molar-refractivity contribution in [2.75, 3.05) is 13.1 Å². The predicted molar refractivity (Wildman–Crippen MR) is 104 cm³/mol. The molecule has 1 amide bonds. The maximum Gasteiger partial charge on any atom is 0.253 e. The zero-order valence-corrected chi connectivity index (χ0v) is 15.9. The van der Waals surface area contributed by atoms with Gasteiger partial charge in [0.15, 0.2) is 0 Å². The highest BCUT2D eigenvalue weighted by atomic mass is 16.5. The van der Waals surface area contributed by atoms with E-state index >= 15 is 0 Å². The van der Waals surface area contributed by atoms with Crippen LogP contribution in [0.4, 0.5) is 0 Å². The molecule has 1 aliphatic rings. The van der Waals surface area contributed by atoms with Crippen LogP contribution in [0.25, 0.3) is 0 Å². The van der Waals surface area contributed by atoms with Crippen LogP contribution in [0, 0.1) is 6.92 Å². The zero-order chi connectivity index (χ0) is 19.3. The van der Waals surface area contributed by atoms with Crippen molar-refractivity contribution in [2.45, 2.75) is 32.4 Å². The van der Waals surface area contributed by atoms with Gasteiger partial charge in [-0.05, 0) is 37.5 Å². The number of nitrogens with zero attached hydrogens (tertiary/aromatic N) is 5. The summed E-state index contributed by atoms with van der Waals surface area (Å²) in [5.74, 6) is 1.29. The lowest BCUT2D eigenvalue weighted by Crippen LogP contribution is -2.44. The van der Waals surface area contributed by atoms with Crippen LogP contribution in [0.3, 0.4) is 0 Å². The van der Waals surface area contributed by atoms with Crippen molar-refractivity contribution in [1.82, 2.24) is 24.4 Å². The van der Waals surface area contributed by atoms with Gasteiger partial charge in [-0.1, -0.05) is 12.1 Å². The summed E-state index contributed by atoms with van der Waals surface area (Å²) in [5, 5.41) is 0. The van der Waals surface area contributed by atoms with Crippen molar-refractivity contribution in [3.8, 4) is 5.88 Å². The Morgan fingerprint density at radius 2 is 2.07 bits per heavy atom. The number of piperidine rings is 1. The van der Waals surface area contributed by atoms with Crippen molar-refractivity contribution in [3.05, 3.63) is 72.2 Å². The molecule has 0 bridgehead atoms. The van der Waals surface area contributed by atoms with Crippen LogP contribution < -0.4 is 4.74 Å². The number of aryl methyl sites for hydroxylation is 1. The Bertz CT molecular complexity index is 924. The summed E-state index contributed by atoms with van der Waals surface area (Å²) in [6.45, 7) is 3.89. The first-order valence-electron chi connectivity index (χ1n) is 9.47. The first-order valence-corrected chi connectivity index (χ1v) is 9.47. The Morgan fingerprint density at radius 3 is 2.82 bits per heavy atom. The molecule has 1 aromatic carbocycles. The van der Waals surface area contributed by atoms with Crippen molar-refractivity contribution >= 4 is 5.91 Å². The van der Waals surface area contributed by atoms with E-state index in [9.17, 15) is 4.79 Å². The van der Waals surface area contributed by atoms with Gasteiger partial charge in [0.2, 0.25) is 5.88 Å². The monoisotopic (exact) mass is 377 g/mol. The average molecular weight is 377 g/mol. The Hall–Kier alpha value is -3.22. The van der Waals surface area contributed by atoms with Gasteiger partial charge in [-0.15, -0.1) is 0 Å². The number of ether oxygens (including phenoxy) is 1. The van der Waals surface area contributed by atoms with Crippen molar-refractivity contribution in [3.63, 3.8) is 0 Å². The molecule has 1 fully saturated rings. The fourth-order valence-corrected chi connectivity index (χ4v) is 3.42. The second-order valence-electron chi connectivity index (χ2n) is 7.01. The average Bonchev–Trinajstić information content (AvgIpc) is 3.21. The van der Waals surface area contributed by atoms with Gasteiger partial charge in [0.05, 0.1) is 12.9 Å². The molecular formula is C21H23N5O2. The normalized spacial score (nSPS) is 16.8. The molecule has 1 aliphatic heterocycles. The predicted octanol–water partition coefficient (Wildman–Crippen LogP) is 2.71. The van der Waals surface area contributed by atoms with E-state index in [2.05, 4.69) is 15.0 Å². The summed E-state index contributed by atoms with van der Waals surface area (Å²) in [6, 6.07) is 9.54. The van der Waals surface area contributed by atoms with Crippen LogP contribution in [0.15, 0.2) is 55.2 Å². The standard InChI is InChI=1S/C21H23N5O2/c1-16-23-9-8-20(24-16)28-19-3-2-11-26(14-19)21(27)18-6-4-17(5-7-18)13-25-12-10-22-15-25/h4-10,12,15,19H,2-3,11,13-14H2,1H3/t19-/m0/s1. The Kier molecular flexibility index (Phi) is 5.32. The van der Waals surface area contributed by atoms with Crippen LogP contribution >= 0.6 is 0 Å². The number of benzene rings is 1. The van der Waals surface area contributed by atoms with Gasteiger partial charge in [0.1, 0.15) is 11.9 Å². The minimum Gasteiger partial charge on any atom is -0.472 e. The first-order chi connectivity index (χ1) is 13.7. The largest absolute Gasteiger partial charge is 0.472 e. The second kappa shape index (κ2) is 8.21. The quantitative estimate of drug-likeness (QED) is 0.684. The van der Waals surface area contributed by atoms with E-state index < -0.39 is 0 Å². The van der Waals surface area contributed by atoms with Crippen molar-refractivity contribution in [2.24, 2.45) is 0 Å². The number of hydrogen-bond donors (Lipinski definition) is 0. The van der Waals surface area contributed by atoms with E-state index in [-0.39, 0.29) is 12.0 Å². The third-order valence-corrected chi connectivity index (χ3v) is 4.83. The van der Waals surface area contributed by atoms with Gasteiger partial charge < -0.3 is 14.2 Å². The van der Waals surface area contributed by atoms with Crippen LogP contribution in [-0.2, 0) is 6.54 Å². The highest BCUT2D eigenvalue weighted by molar-refractivity contribution is 5.94. The highest BCUT2D eigenvalue weighted by Gasteiger charge is 2.26. The van der Waals surface area contributed by atoms with E-state index in [1.165, 1.54) is 0 Å². The Morgan fingerprint density at radius 1 is 1.21 bits per heavy atom. The van der Waals surface area contributed by atoms with Gasteiger partial charge in [-0.2, -0.15) is 4.98 Å². The number of carbonyl (C=O) groups is 1. The van der Waals surface area contributed by atoms with E-state index in [1.54, 1.807) is 24.8 Å². The molecule has 3 heterocycles. The van der Waals surface area contributed by atoms with Crippen LogP contribution in [0.2, 0.25) is 0 Å². The van der Waals surface area contributed by atoms with Gasteiger partial charge in [-0.3, -0.25) is 4.79 Å². The molecule has 144 valence electrons. The summed E-state index contributed by atoms with van der Waals surface area (Å²) in [4.78, 5) is 27.2. The van der Waals surface area contributed by atoms with Gasteiger partial charge in [0, 0.05) is 43.3 Å². The lowest BCUT2D eigenvalue weighted by molar-refractivity contribution is 0.0527. The molecule has 0 saturated carbocycles. The van der Waals surface area contributed by atoms with Gasteiger partial charge >= 0.3 is 0 Å². The molecule has 1 atom stereocenters. The molecule has 0 spiro atoms. The SMILES string of the molecule is Cc1nccc(O[C@H]2CCCN(C(=O)c3ccc(Cn4ccnc4)cc3)C2)n1. The van der Waals surface area contributed by atoms with Crippen LogP contribution in [0.1, 0.15) is 34.6 Å². The van der Waals surface area contributed by atoms with E-state index in [0.717, 1.165) is 31.5 Å². The summed E-state index contributed by atoms with van der Waals surface area (Å²) in [7, 11) is 0. The van der Waals surface area contributed by atoms with Crippen molar-refractivity contribution < 1.29 is 9.53 Å². The molecular weight excluding hydrogens is 354 g/mol. The third kappa shape index (κ3) is 4.36. The molecule has 28 heavy (non-hydrogen) atoms. The minimum absolute atomic E-state index is 0.0429. The number of rotatable bonds is 5. The molecule has 4 rings (SSSR count). The molecule has 0 radical (unpaired) electrons. The molecule has 7 heteroatoms. The molecule has 3 aromatic rings.